The van der Waals surface area contributed by atoms with Crippen molar-refractivity contribution in [3.63, 3.8) is 0 Å². The fourth-order valence-electron chi connectivity index (χ4n) is 1.80. The van der Waals surface area contributed by atoms with Crippen LogP contribution in [0.5, 0.6) is 0 Å². The van der Waals surface area contributed by atoms with E-state index in [1.807, 2.05) is 0 Å². The summed E-state index contributed by atoms with van der Waals surface area (Å²) in [6.45, 7) is 2.04. The topological polar surface area (TPSA) is 46.6 Å². The number of nitrogens with zero attached hydrogens (tertiary/aromatic N) is 1. The van der Waals surface area contributed by atoms with Crippen molar-refractivity contribution in [3.8, 4) is 0 Å². The monoisotopic (exact) mass is 195 g/mol. The summed E-state index contributed by atoms with van der Waals surface area (Å²) in [5, 5.41) is 0. The van der Waals surface area contributed by atoms with Crippen LogP contribution < -0.4 is 0 Å². The molecule has 0 spiro atoms. The van der Waals surface area contributed by atoms with Gasteiger partial charge in [-0.3, -0.25) is 14.5 Å². The molecule has 76 valence electrons. The van der Waals surface area contributed by atoms with Crippen LogP contribution in [0.2, 0.25) is 0 Å². The van der Waals surface area contributed by atoms with Gasteiger partial charge in [0.15, 0.2) is 0 Å². The smallest absolute Gasteiger partial charge is 0.253 e. The van der Waals surface area contributed by atoms with Gasteiger partial charge in [0.2, 0.25) is 0 Å². The minimum Gasteiger partial charge on any atom is -0.381 e. The molecule has 0 unspecified atom stereocenters. The Hall–Kier alpha value is -1.16. The number of carbonyl (C=O) groups is 2. The van der Waals surface area contributed by atoms with E-state index in [2.05, 4.69) is 0 Å². The molecule has 1 saturated heterocycles. The summed E-state index contributed by atoms with van der Waals surface area (Å²) in [6.07, 6.45) is 4.55. The normalized spacial score (nSPS) is 23.6. The van der Waals surface area contributed by atoms with E-state index < -0.39 is 0 Å². The highest BCUT2D eigenvalue weighted by Crippen LogP contribution is 2.17. The molecule has 4 heteroatoms. The average molecular weight is 195 g/mol. The van der Waals surface area contributed by atoms with Crippen LogP contribution in [0.25, 0.3) is 0 Å². The molecule has 2 aliphatic heterocycles. The molecule has 0 saturated carbocycles. The first-order valence-corrected chi connectivity index (χ1v) is 4.88. The minimum absolute atomic E-state index is 0.179. The van der Waals surface area contributed by atoms with E-state index in [1.54, 1.807) is 0 Å². The lowest BCUT2D eigenvalue weighted by Crippen LogP contribution is -2.36. The highest BCUT2D eigenvalue weighted by atomic mass is 16.5. The van der Waals surface area contributed by atoms with E-state index in [0.717, 1.165) is 26.1 Å². The third-order valence-corrected chi connectivity index (χ3v) is 2.68. The zero-order chi connectivity index (χ0) is 9.97. The number of hydrogen-bond acceptors (Lipinski definition) is 3. The molecule has 0 N–H and O–H groups in total. The summed E-state index contributed by atoms with van der Waals surface area (Å²) in [4.78, 5) is 23.8. The highest BCUT2D eigenvalue weighted by Gasteiger charge is 2.27. The van der Waals surface area contributed by atoms with Crippen LogP contribution in [-0.4, -0.2) is 36.5 Å². The van der Waals surface area contributed by atoms with Crippen LogP contribution in [0.4, 0.5) is 0 Å². The summed E-state index contributed by atoms with van der Waals surface area (Å²) in [5.41, 5.74) is 0. The molecule has 2 aliphatic rings. The zero-order valence-corrected chi connectivity index (χ0v) is 7.94. The fraction of sp³-hybridized carbons (Fsp3) is 0.600. The molecule has 0 aromatic rings. The molecule has 4 nitrogen and oxygen atoms in total. The quantitative estimate of drug-likeness (QED) is 0.597. The number of amides is 2. The van der Waals surface area contributed by atoms with Gasteiger partial charge in [0.05, 0.1) is 0 Å². The molecule has 0 aliphatic carbocycles. The molecule has 2 heterocycles. The number of carbonyl (C=O) groups excluding carboxylic acids is 2. The van der Waals surface area contributed by atoms with E-state index in [1.165, 1.54) is 17.1 Å². The molecule has 0 aromatic carbocycles. The number of imide groups is 1. The van der Waals surface area contributed by atoms with Gasteiger partial charge in [-0.2, -0.15) is 0 Å². The lowest BCUT2D eigenvalue weighted by Gasteiger charge is -2.25. The van der Waals surface area contributed by atoms with Gasteiger partial charge in [0.1, 0.15) is 0 Å². The molecular weight excluding hydrogens is 182 g/mol. The summed E-state index contributed by atoms with van der Waals surface area (Å²) < 4.78 is 5.21. The predicted molar refractivity (Wildman–Crippen MR) is 49.4 cm³/mol. The first-order chi connectivity index (χ1) is 6.77. The van der Waals surface area contributed by atoms with E-state index >= 15 is 0 Å². The van der Waals surface area contributed by atoms with Crippen molar-refractivity contribution in [1.82, 2.24) is 4.90 Å². The Morgan fingerprint density at radius 2 is 1.79 bits per heavy atom. The van der Waals surface area contributed by atoms with Gasteiger partial charge in [0, 0.05) is 31.9 Å². The van der Waals surface area contributed by atoms with E-state index in [-0.39, 0.29) is 11.8 Å². The van der Waals surface area contributed by atoms with Gasteiger partial charge in [-0.05, 0) is 18.8 Å². The van der Waals surface area contributed by atoms with Crippen LogP contribution >= 0.6 is 0 Å². The van der Waals surface area contributed by atoms with E-state index in [9.17, 15) is 9.59 Å². The first kappa shape index (κ1) is 9.40. The van der Waals surface area contributed by atoms with Crippen LogP contribution in [0, 0.1) is 5.92 Å². The Bertz CT molecular complexity index is 261. The third kappa shape index (κ3) is 1.85. The maximum atomic E-state index is 11.2. The summed E-state index contributed by atoms with van der Waals surface area (Å²) >= 11 is 0. The molecule has 1 fully saturated rings. The standard InChI is InChI=1S/C10H13NO3/c12-9-1-2-10(13)11(9)7-8-3-5-14-6-4-8/h1-2,8H,3-7H2. The first-order valence-electron chi connectivity index (χ1n) is 4.88. The number of hydrogen-bond donors (Lipinski definition) is 0. The largest absolute Gasteiger partial charge is 0.381 e. The lowest BCUT2D eigenvalue weighted by atomic mass is 10.00. The Kier molecular flexibility index (Phi) is 2.63. The third-order valence-electron chi connectivity index (χ3n) is 2.68. The van der Waals surface area contributed by atoms with Gasteiger partial charge < -0.3 is 4.74 Å². The van der Waals surface area contributed by atoms with Crippen LogP contribution in [0.3, 0.4) is 0 Å². The SMILES string of the molecule is O=C1C=CC(=O)N1CC1CCOCC1. The van der Waals surface area contributed by atoms with Crippen molar-refractivity contribution in [2.24, 2.45) is 5.92 Å². The van der Waals surface area contributed by atoms with Gasteiger partial charge in [-0.1, -0.05) is 0 Å². The minimum atomic E-state index is -0.179. The molecule has 0 aromatic heterocycles. The molecule has 0 atom stereocenters. The summed E-state index contributed by atoms with van der Waals surface area (Å²) in [7, 11) is 0. The second-order valence-corrected chi connectivity index (χ2v) is 3.68. The van der Waals surface area contributed by atoms with E-state index in [0.29, 0.717) is 12.5 Å². The van der Waals surface area contributed by atoms with Crippen molar-refractivity contribution in [3.05, 3.63) is 12.2 Å². The summed E-state index contributed by atoms with van der Waals surface area (Å²) in [5.74, 6) is 0.0551. The van der Waals surface area contributed by atoms with Crippen molar-refractivity contribution < 1.29 is 14.3 Å². The van der Waals surface area contributed by atoms with Gasteiger partial charge >= 0.3 is 0 Å². The van der Waals surface area contributed by atoms with Crippen LogP contribution in [0.1, 0.15) is 12.8 Å². The predicted octanol–water partition coefficient (Wildman–Crippen LogP) is 0.338. The van der Waals surface area contributed by atoms with Crippen LogP contribution in [-0.2, 0) is 14.3 Å². The lowest BCUT2D eigenvalue weighted by molar-refractivity contribution is -0.138. The van der Waals surface area contributed by atoms with E-state index in [4.69, 9.17) is 4.74 Å². The molecule has 2 rings (SSSR count). The Morgan fingerprint density at radius 1 is 1.21 bits per heavy atom. The Morgan fingerprint density at radius 3 is 2.36 bits per heavy atom. The summed E-state index contributed by atoms with van der Waals surface area (Å²) in [6, 6.07) is 0. The average Bonchev–Trinajstić information content (AvgIpc) is 2.51. The maximum Gasteiger partial charge on any atom is 0.253 e. The second kappa shape index (κ2) is 3.92. The van der Waals surface area contributed by atoms with Crippen LogP contribution in [0.15, 0.2) is 12.2 Å². The van der Waals surface area contributed by atoms with Crippen molar-refractivity contribution in [2.75, 3.05) is 19.8 Å². The van der Waals surface area contributed by atoms with Crippen molar-refractivity contribution in [2.45, 2.75) is 12.8 Å². The zero-order valence-electron chi connectivity index (χ0n) is 7.94. The molecule has 0 bridgehead atoms. The Balaban J connectivity index is 1.90. The van der Waals surface area contributed by atoms with Crippen molar-refractivity contribution >= 4 is 11.8 Å². The molecule has 0 radical (unpaired) electrons. The highest BCUT2D eigenvalue weighted by molar-refractivity contribution is 6.12. The fourth-order valence-corrected chi connectivity index (χ4v) is 1.80. The Labute approximate surface area is 82.5 Å². The number of ether oxygens (including phenoxy) is 1. The van der Waals surface area contributed by atoms with Gasteiger partial charge in [-0.15, -0.1) is 0 Å². The van der Waals surface area contributed by atoms with Gasteiger partial charge in [0.25, 0.3) is 11.8 Å². The maximum absolute atomic E-state index is 11.2. The number of rotatable bonds is 2. The second-order valence-electron chi connectivity index (χ2n) is 3.68. The van der Waals surface area contributed by atoms with Crippen molar-refractivity contribution in [1.29, 1.82) is 0 Å². The molecule has 14 heavy (non-hydrogen) atoms. The molecule has 2 amide bonds. The molecular formula is C10H13NO3. The van der Waals surface area contributed by atoms with Gasteiger partial charge in [-0.25, -0.2) is 0 Å².